The molecule has 0 unspecified atom stereocenters. The molecule has 6 rings (SSSR count). The zero-order valence-electron chi connectivity index (χ0n) is 20.9. The molecule has 0 N–H and O–H groups in total. The van der Waals surface area contributed by atoms with E-state index in [2.05, 4.69) is 29.2 Å². The third-order valence-corrected chi connectivity index (χ3v) is 8.96. The average Bonchev–Trinajstić information content (AvgIpc) is 3.34. The molecule has 0 amide bonds. The van der Waals surface area contributed by atoms with Crippen LogP contribution in [0.1, 0.15) is 32.2 Å². The first-order valence-electron chi connectivity index (χ1n) is 12.8. The van der Waals surface area contributed by atoms with E-state index in [9.17, 15) is 9.59 Å². The van der Waals surface area contributed by atoms with Gasteiger partial charge in [-0.05, 0) is 41.7 Å². The zero-order valence-corrected chi connectivity index (χ0v) is 22.5. The maximum Gasteiger partial charge on any atom is 0.267 e. The van der Waals surface area contributed by atoms with Gasteiger partial charge in [0.05, 0.1) is 11.1 Å². The van der Waals surface area contributed by atoms with E-state index in [-0.39, 0.29) is 16.5 Å². The van der Waals surface area contributed by atoms with Gasteiger partial charge in [-0.25, -0.2) is 4.98 Å². The molecule has 0 fully saturated rings. The highest BCUT2D eigenvalue weighted by molar-refractivity contribution is 8.13. The minimum Gasteiger partial charge on any atom is -0.298 e. The van der Waals surface area contributed by atoms with Gasteiger partial charge in [-0.3, -0.25) is 19.1 Å². The number of nitrogens with zero attached hydrogens (tertiary/aromatic N) is 3. The van der Waals surface area contributed by atoms with Gasteiger partial charge < -0.3 is 0 Å². The number of thioether (sulfide) groups is 1. The van der Waals surface area contributed by atoms with Crippen molar-refractivity contribution in [2.24, 2.45) is 0 Å². The summed E-state index contributed by atoms with van der Waals surface area (Å²) in [5.74, 6) is 0.717. The van der Waals surface area contributed by atoms with E-state index >= 15 is 0 Å². The summed E-state index contributed by atoms with van der Waals surface area (Å²) in [7, 11) is 0. The molecule has 5 aromatic rings. The maximum absolute atomic E-state index is 14.0. The molecule has 38 heavy (non-hydrogen) atoms. The average molecular weight is 538 g/mol. The summed E-state index contributed by atoms with van der Waals surface area (Å²) in [5.41, 5.74) is 4.00. The summed E-state index contributed by atoms with van der Waals surface area (Å²) >= 11 is 2.75. The molecule has 0 aliphatic carbocycles. The van der Waals surface area contributed by atoms with Crippen LogP contribution in [0.3, 0.4) is 0 Å². The van der Waals surface area contributed by atoms with Gasteiger partial charge in [-0.15, -0.1) is 11.3 Å². The largest absolute Gasteiger partial charge is 0.298 e. The Bertz CT molecular complexity index is 1630. The van der Waals surface area contributed by atoms with Gasteiger partial charge in [-0.1, -0.05) is 90.6 Å². The molecule has 1 aliphatic heterocycles. The quantitative estimate of drug-likeness (QED) is 0.250. The highest BCUT2D eigenvalue weighted by Gasteiger charge is 2.27. The van der Waals surface area contributed by atoms with E-state index in [0.29, 0.717) is 21.7 Å². The normalized spacial score (nSPS) is 13.5. The van der Waals surface area contributed by atoms with Crippen molar-refractivity contribution in [3.8, 4) is 5.69 Å². The third-order valence-electron chi connectivity index (χ3n) is 6.92. The van der Waals surface area contributed by atoms with Gasteiger partial charge in [0, 0.05) is 30.3 Å². The molecule has 7 heteroatoms. The number of rotatable bonds is 7. The summed E-state index contributed by atoms with van der Waals surface area (Å²) in [5, 5.41) is 0.466. The Hall–Kier alpha value is -3.52. The highest BCUT2D eigenvalue weighted by atomic mass is 32.2. The molecule has 0 saturated heterocycles. The second-order valence-electron chi connectivity index (χ2n) is 9.42. The third kappa shape index (κ3) is 5.10. The van der Waals surface area contributed by atoms with Crippen molar-refractivity contribution in [3.05, 3.63) is 129 Å². The van der Waals surface area contributed by atoms with Crippen molar-refractivity contribution in [1.82, 2.24) is 14.5 Å². The van der Waals surface area contributed by atoms with Gasteiger partial charge in [0.2, 0.25) is 0 Å². The SMILES string of the molecule is O=C(SCc1ccccc1)c1nc2sc3c(c2c(=O)n1-c1ccccc1)CCN(CCc1ccccc1)C3. The van der Waals surface area contributed by atoms with Gasteiger partial charge in [0.1, 0.15) is 4.83 Å². The Kier molecular flexibility index (Phi) is 7.22. The standard InChI is InChI=1S/C31H27N3O2S2/c35-30-27-25-17-19-33(18-16-22-10-4-1-5-11-22)20-26(25)38-29(27)32-28(34(30)24-14-8-3-9-15-24)31(36)37-21-23-12-6-2-7-13-23/h1-15H,16-21H2. The topological polar surface area (TPSA) is 55.2 Å². The first-order valence-corrected chi connectivity index (χ1v) is 14.6. The predicted octanol–water partition coefficient (Wildman–Crippen LogP) is 6.12. The van der Waals surface area contributed by atoms with Crippen molar-refractivity contribution < 1.29 is 4.79 Å². The first-order chi connectivity index (χ1) is 18.7. The van der Waals surface area contributed by atoms with Crippen LogP contribution in [0.25, 0.3) is 15.9 Å². The van der Waals surface area contributed by atoms with Crippen molar-refractivity contribution >= 4 is 38.4 Å². The van der Waals surface area contributed by atoms with Gasteiger partial charge in [0.15, 0.2) is 5.82 Å². The molecule has 0 saturated carbocycles. The number of benzene rings is 3. The molecular formula is C31H27N3O2S2. The van der Waals surface area contributed by atoms with E-state index in [0.717, 1.165) is 43.6 Å². The van der Waals surface area contributed by atoms with Crippen molar-refractivity contribution in [1.29, 1.82) is 0 Å². The second-order valence-corrected chi connectivity index (χ2v) is 11.5. The summed E-state index contributed by atoms with van der Waals surface area (Å²) < 4.78 is 1.51. The van der Waals surface area contributed by atoms with Crippen LogP contribution in [0.15, 0.2) is 95.8 Å². The number of hydrogen-bond donors (Lipinski definition) is 0. The van der Waals surface area contributed by atoms with Crippen molar-refractivity contribution in [2.45, 2.75) is 25.1 Å². The van der Waals surface area contributed by atoms with E-state index in [1.165, 1.54) is 26.8 Å². The van der Waals surface area contributed by atoms with Crippen LogP contribution >= 0.6 is 23.1 Å². The Morgan fingerprint density at radius 3 is 2.26 bits per heavy atom. The summed E-state index contributed by atoms with van der Waals surface area (Å²) in [4.78, 5) is 36.6. The number of para-hydroxylation sites is 1. The summed E-state index contributed by atoms with van der Waals surface area (Å²) in [6.07, 6.45) is 1.81. The van der Waals surface area contributed by atoms with Gasteiger partial charge in [-0.2, -0.15) is 0 Å². The summed E-state index contributed by atoms with van der Waals surface area (Å²) in [6, 6.07) is 29.8. The maximum atomic E-state index is 14.0. The number of carbonyl (C=O) groups is 1. The molecular weight excluding hydrogens is 510 g/mol. The van der Waals surface area contributed by atoms with Crippen LogP contribution in [-0.4, -0.2) is 32.7 Å². The minimum atomic E-state index is -0.201. The molecule has 5 nitrogen and oxygen atoms in total. The van der Waals surface area contributed by atoms with E-state index in [4.69, 9.17) is 4.98 Å². The fourth-order valence-electron chi connectivity index (χ4n) is 4.96. The van der Waals surface area contributed by atoms with Crippen LogP contribution in [0.2, 0.25) is 0 Å². The predicted molar refractivity (Wildman–Crippen MR) is 156 cm³/mol. The molecule has 2 aromatic heterocycles. The number of carbonyl (C=O) groups excluding carboxylic acids is 1. The zero-order chi connectivity index (χ0) is 25.9. The number of thiophene rings is 1. The number of fused-ring (bicyclic) bond motifs is 3. The molecule has 0 spiro atoms. The Balaban J connectivity index is 1.34. The Labute approximate surface area is 229 Å². The lowest BCUT2D eigenvalue weighted by atomic mass is 10.0. The van der Waals surface area contributed by atoms with E-state index < -0.39 is 0 Å². The monoisotopic (exact) mass is 537 g/mol. The van der Waals surface area contributed by atoms with E-state index in [1.54, 1.807) is 11.3 Å². The molecule has 3 heterocycles. The Morgan fingerprint density at radius 2 is 1.55 bits per heavy atom. The number of aromatic nitrogens is 2. The minimum absolute atomic E-state index is 0.153. The Morgan fingerprint density at radius 1 is 0.895 bits per heavy atom. The van der Waals surface area contributed by atoms with Gasteiger partial charge >= 0.3 is 0 Å². The summed E-state index contributed by atoms with van der Waals surface area (Å²) in [6.45, 7) is 2.68. The molecule has 190 valence electrons. The number of hydrogen-bond acceptors (Lipinski definition) is 6. The lowest BCUT2D eigenvalue weighted by Gasteiger charge is -2.26. The highest BCUT2D eigenvalue weighted by Crippen LogP contribution is 2.33. The van der Waals surface area contributed by atoms with Crippen LogP contribution in [0.5, 0.6) is 0 Å². The molecule has 3 aromatic carbocycles. The van der Waals surface area contributed by atoms with E-state index in [1.807, 2.05) is 66.7 Å². The first kappa shape index (κ1) is 24.8. The second kappa shape index (κ2) is 11.1. The van der Waals surface area contributed by atoms with Crippen molar-refractivity contribution in [3.63, 3.8) is 0 Å². The lowest BCUT2D eigenvalue weighted by molar-refractivity contribution is 0.107. The molecule has 0 radical (unpaired) electrons. The van der Waals surface area contributed by atoms with Crippen LogP contribution in [-0.2, 0) is 25.1 Å². The molecule has 0 bridgehead atoms. The van der Waals surface area contributed by atoms with Crippen LogP contribution in [0, 0.1) is 0 Å². The lowest BCUT2D eigenvalue weighted by Crippen LogP contribution is -2.32. The smallest absolute Gasteiger partial charge is 0.267 e. The fraction of sp³-hybridized carbons (Fsp3) is 0.194. The van der Waals surface area contributed by atoms with Gasteiger partial charge in [0.25, 0.3) is 10.7 Å². The van der Waals surface area contributed by atoms with Crippen molar-refractivity contribution in [2.75, 3.05) is 13.1 Å². The fourth-order valence-corrected chi connectivity index (χ4v) is 6.97. The molecule has 1 aliphatic rings. The van der Waals surface area contributed by atoms with Crippen LogP contribution in [0.4, 0.5) is 0 Å². The molecule has 0 atom stereocenters. The van der Waals surface area contributed by atoms with Crippen LogP contribution < -0.4 is 5.56 Å².